The van der Waals surface area contributed by atoms with Gasteiger partial charge in [0.25, 0.3) is 0 Å². The number of rotatable bonds is 12. The van der Waals surface area contributed by atoms with Crippen LogP contribution >= 0.6 is 0 Å². The largest absolute Gasteiger partial charge is 0.393 e. The van der Waals surface area contributed by atoms with Crippen LogP contribution in [0, 0.1) is 10.8 Å². The second kappa shape index (κ2) is 16.3. The molecule has 0 aromatic rings. The molecule has 0 aliphatic heterocycles. The van der Waals surface area contributed by atoms with E-state index in [0.29, 0.717) is 5.41 Å². The maximum absolute atomic E-state index is 10.1. The van der Waals surface area contributed by atoms with Crippen LogP contribution in [0.1, 0.15) is 127 Å². The first-order valence-corrected chi connectivity index (χ1v) is 16.0. The molecule has 2 rings (SSSR count). The van der Waals surface area contributed by atoms with Gasteiger partial charge in [0.05, 0.1) is 6.10 Å². The summed E-state index contributed by atoms with van der Waals surface area (Å²) in [5.41, 5.74) is 11.5. The van der Waals surface area contributed by atoms with E-state index in [4.69, 9.17) is 0 Å². The predicted molar refractivity (Wildman–Crippen MR) is 183 cm³/mol. The Labute approximate surface area is 254 Å². The summed E-state index contributed by atoms with van der Waals surface area (Å²) in [7, 11) is 0. The van der Waals surface area contributed by atoms with Crippen molar-refractivity contribution < 1.29 is 5.11 Å². The van der Waals surface area contributed by atoms with Crippen molar-refractivity contribution in [3.05, 3.63) is 105 Å². The van der Waals surface area contributed by atoms with Crippen molar-refractivity contribution in [2.24, 2.45) is 10.8 Å². The lowest BCUT2D eigenvalue weighted by molar-refractivity contribution is 0.116. The van der Waals surface area contributed by atoms with Crippen LogP contribution in [0.25, 0.3) is 0 Å². The van der Waals surface area contributed by atoms with Crippen LogP contribution in [0.3, 0.4) is 0 Å². The molecule has 0 heterocycles. The molecule has 1 N–H and O–H groups in total. The SMILES string of the molecule is CC1=C(/C=C\C(C)=C\CC/C(C)=C/CC/C=C(C)/C=C/C=C(C)/C=C/C2=C(C)CCCC2(C)C)C(C)(C)C[C@@H](O)C1. The second-order valence-electron chi connectivity index (χ2n) is 14.1. The topological polar surface area (TPSA) is 20.2 Å². The quantitative estimate of drug-likeness (QED) is 0.144. The van der Waals surface area contributed by atoms with Crippen LogP contribution in [0.2, 0.25) is 0 Å². The molecule has 0 aromatic heterocycles. The van der Waals surface area contributed by atoms with Crippen LogP contribution in [-0.4, -0.2) is 11.2 Å². The molecule has 2 aliphatic carbocycles. The standard InChI is InChI=1S/C40H60O/c1-30(18-13-20-32(3)23-25-37-34(5)22-15-27-39(37,7)8)16-11-12-17-31(2)19-14-21-33(4)24-26-38-35(6)28-36(41)29-40(38,9)10/h13,16-18,20-21,23-26,36,41H,11-12,14-15,19,22,27-29H2,1-10H3/b18-13+,25-23+,26-24-,30-16+,31-17+,32-20+,33-21+/t36-/m0/s1. The van der Waals surface area contributed by atoms with Crippen LogP contribution in [0.15, 0.2) is 105 Å². The van der Waals surface area contributed by atoms with Gasteiger partial charge < -0.3 is 5.11 Å². The molecule has 226 valence electrons. The number of hydrogen-bond acceptors (Lipinski definition) is 1. The lowest BCUT2D eigenvalue weighted by Gasteiger charge is -2.35. The summed E-state index contributed by atoms with van der Waals surface area (Å²) < 4.78 is 0. The van der Waals surface area contributed by atoms with Crippen molar-refractivity contribution in [2.45, 2.75) is 133 Å². The average Bonchev–Trinajstić information content (AvgIpc) is 2.84. The highest BCUT2D eigenvalue weighted by molar-refractivity contribution is 5.38. The molecular formula is C40H60O. The fraction of sp³-hybridized carbons (Fsp3) is 0.550. The highest BCUT2D eigenvalue weighted by atomic mass is 16.3. The molecule has 1 nitrogen and oxygen atoms in total. The van der Waals surface area contributed by atoms with E-state index in [-0.39, 0.29) is 11.5 Å². The lowest BCUT2D eigenvalue weighted by Crippen LogP contribution is -2.28. The second-order valence-corrected chi connectivity index (χ2v) is 14.1. The molecule has 0 bridgehead atoms. The minimum absolute atomic E-state index is 0.0384. The fourth-order valence-corrected chi connectivity index (χ4v) is 6.43. The molecule has 1 heteroatoms. The molecule has 0 saturated carbocycles. The summed E-state index contributed by atoms with van der Waals surface area (Å²) in [6.07, 6.45) is 32.5. The molecule has 0 unspecified atom stereocenters. The van der Waals surface area contributed by atoms with Gasteiger partial charge in [0, 0.05) is 0 Å². The Balaban J connectivity index is 1.78. The molecule has 0 radical (unpaired) electrons. The fourth-order valence-electron chi connectivity index (χ4n) is 6.43. The predicted octanol–water partition coefficient (Wildman–Crippen LogP) is 12.0. The summed E-state index contributed by atoms with van der Waals surface area (Å²) >= 11 is 0. The summed E-state index contributed by atoms with van der Waals surface area (Å²) in [4.78, 5) is 0. The van der Waals surface area contributed by atoms with Crippen LogP contribution < -0.4 is 0 Å². The zero-order valence-corrected chi connectivity index (χ0v) is 28.2. The maximum atomic E-state index is 10.1. The van der Waals surface area contributed by atoms with E-state index >= 15 is 0 Å². The Morgan fingerprint density at radius 1 is 0.756 bits per heavy atom. The van der Waals surface area contributed by atoms with Gasteiger partial charge in [0.2, 0.25) is 0 Å². The van der Waals surface area contributed by atoms with Gasteiger partial charge in [0.1, 0.15) is 0 Å². The van der Waals surface area contributed by atoms with Gasteiger partial charge in [-0.3, -0.25) is 0 Å². The third-order valence-corrected chi connectivity index (χ3v) is 8.89. The first-order chi connectivity index (χ1) is 19.2. The van der Waals surface area contributed by atoms with Gasteiger partial charge in [-0.25, -0.2) is 0 Å². The van der Waals surface area contributed by atoms with Gasteiger partial charge in [-0.05, 0) is 121 Å². The highest BCUT2D eigenvalue weighted by Crippen LogP contribution is 2.42. The van der Waals surface area contributed by atoms with E-state index in [1.807, 2.05) is 0 Å². The third kappa shape index (κ3) is 12.2. The number of aliphatic hydroxyl groups is 1. The summed E-state index contributed by atoms with van der Waals surface area (Å²) in [5, 5.41) is 10.1. The Morgan fingerprint density at radius 2 is 1.34 bits per heavy atom. The molecule has 0 aromatic carbocycles. The maximum Gasteiger partial charge on any atom is 0.0585 e. The Morgan fingerprint density at radius 3 is 2.00 bits per heavy atom. The first kappa shape index (κ1) is 34.8. The number of hydrogen-bond donors (Lipinski definition) is 1. The average molecular weight is 557 g/mol. The van der Waals surface area contributed by atoms with E-state index < -0.39 is 0 Å². The molecule has 41 heavy (non-hydrogen) atoms. The highest BCUT2D eigenvalue weighted by Gasteiger charge is 2.31. The van der Waals surface area contributed by atoms with Crippen molar-refractivity contribution in [1.82, 2.24) is 0 Å². The Bertz CT molecular complexity index is 1160. The minimum atomic E-state index is -0.204. The van der Waals surface area contributed by atoms with Gasteiger partial charge >= 0.3 is 0 Å². The molecule has 1 atom stereocenters. The van der Waals surface area contributed by atoms with Crippen molar-refractivity contribution in [3.8, 4) is 0 Å². The number of allylic oxidation sites excluding steroid dienone is 17. The first-order valence-electron chi connectivity index (χ1n) is 16.0. The van der Waals surface area contributed by atoms with Crippen molar-refractivity contribution in [1.29, 1.82) is 0 Å². The Kier molecular flexibility index (Phi) is 13.8. The Hall–Kier alpha value is -2.38. The van der Waals surface area contributed by atoms with Crippen molar-refractivity contribution in [3.63, 3.8) is 0 Å². The van der Waals surface area contributed by atoms with Gasteiger partial charge in [0.15, 0.2) is 0 Å². The van der Waals surface area contributed by atoms with Crippen molar-refractivity contribution in [2.75, 3.05) is 0 Å². The lowest BCUT2D eigenvalue weighted by atomic mass is 9.71. The summed E-state index contributed by atoms with van der Waals surface area (Å²) in [6.45, 7) is 22.5. The van der Waals surface area contributed by atoms with Crippen LogP contribution in [0.5, 0.6) is 0 Å². The molecule has 0 amide bonds. The van der Waals surface area contributed by atoms with E-state index in [1.54, 1.807) is 5.57 Å². The number of aliphatic hydroxyl groups excluding tert-OH is 1. The smallest absolute Gasteiger partial charge is 0.0585 e. The van der Waals surface area contributed by atoms with E-state index in [1.165, 1.54) is 58.3 Å². The zero-order valence-electron chi connectivity index (χ0n) is 28.2. The molecule has 2 aliphatic rings. The summed E-state index contributed by atoms with van der Waals surface area (Å²) in [5.74, 6) is 0. The monoisotopic (exact) mass is 556 g/mol. The number of unbranched alkanes of at least 4 members (excludes halogenated alkanes) is 1. The molecule has 0 saturated heterocycles. The normalized spacial score (nSPS) is 23.1. The van der Waals surface area contributed by atoms with Crippen molar-refractivity contribution >= 4 is 0 Å². The van der Waals surface area contributed by atoms with Crippen LogP contribution in [0.4, 0.5) is 0 Å². The van der Waals surface area contributed by atoms with E-state index in [9.17, 15) is 5.11 Å². The molecular weight excluding hydrogens is 496 g/mol. The summed E-state index contributed by atoms with van der Waals surface area (Å²) in [6, 6.07) is 0. The minimum Gasteiger partial charge on any atom is -0.393 e. The third-order valence-electron chi connectivity index (χ3n) is 8.89. The van der Waals surface area contributed by atoms with E-state index in [2.05, 4.69) is 130 Å². The van der Waals surface area contributed by atoms with Crippen LogP contribution in [-0.2, 0) is 0 Å². The van der Waals surface area contributed by atoms with Gasteiger partial charge in [-0.1, -0.05) is 122 Å². The van der Waals surface area contributed by atoms with Gasteiger partial charge in [-0.2, -0.15) is 0 Å². The molecule has 0 fully saturated rings. The van der Waals surface area contributed by atoms with Gasteiger partial charge in [-0.15, -0.1) is 0 Å². The zero-order chi connectivity index (χ0) is 30.6. The van der Waals surface area contributed by atoms with E-state index in [0.717, 1.165) is 38.5 Å². The molecule has 0 spiro atoms.